The number of hydrogen-bond donors (Lipinski definition) is 0. The molecule has 2 amide bonds. The summed E-state index contributed by atoms with van der Waals surface area (Å²) in [6.07, 6.45) is 1.62. The predicted molar refractivity (Wildman–Crippen MR) is 115 cm³/mol. The second-order valence-electron chi connectivity index (χ2n) is 5.69. The lowest BCUT2D eigenvalue weighted by atomic mass is 10.1. The Balaban J connectivity index is 1.84. The highest BCUT2D eigenvalue weighted by Crippen LogP contribution is 2.39. The van der Waals surface area contributed by atoms with E-state index in [0.717, 1.165) is 25.8 Å². The summed E-state index contributed by atoms with van der Waals surface area (Å²) < 4.78 is 12.4. The van der Waals surface area contributed by atoms with Gasteiger partial charge >= 0.3 is 0 Å². The number of methoxy groups -OCH3 is 1. The van der Waals surface area contributed by atoms with Gasteiger partial charge in [0.2, 0.25) is 0 Å². The number of hydrogen-bond acceptors (Lipinski definition) is 5. The third kappa shape index (κ3) is 4.59. The minimum atomic E-state index is -0.334. The van der Waals surface area contributed by atoms with E-state index in [0.29, 0.717) is 33.6 Å². The number of halogens is 2. The molecule has 1 fully saturated rings. The van der Waals surface area contributed by atoms with Crippen LogP contribution in [0, 0.1) is 3.57 Å². The van der Waals surface area contributed by atoms with Gasteiger partial charge in [-0.25, -0.2) is 0 Å². The minimum Gasteiger partial charge on any atom is -0.493 e. The Labute approximate surface area is 179 Å². The molecule has 0 saturated carbocycles. The van der Waals surface area contributed by atoms with Crippen molar-refractivity contribution in [3.63, 3.8) is 0 Å². The minimum absolute atomic E-state index is 0.304. The predicted octanol–water partition coefficient (Wildman–Crippen LogP) is 5.20. The number of benzene rings is 2. The van der Waals surface area contributed by atoms with Crippen LogP contribution >= 0.6 is 46.0 Å². The lowest BCUT2D eigenvalue weighted by Crippen LogP contribution is -2.22. The summed E-state index contributed by atoms with van der Waals surface area (Å²) in [5.41, 5.74) is 1.66. The van der Waals surface area contributed by atoms with Gasteiger partial charge in [0.15, 0.2) is 11.5 Å². The average Bonchev–Trinajstić information content (AvgIpc) is 2.88. The second kappa shape index (κ2) is 8.53. The first-order chi connectivity index (χ1) is 12.9. The van der Waals surface area contributed by atoms with Gasteiger partial charge in [0.25, 0.3) is 11.1 Å². The van der Waals surface area contributed by atoms with Gasteiger partial charge in [0.05, 0.1) is 17.0 Å². The Hall–Kier alpha value is -1.71. The van der Waals surface area contributed by atoms with Crippen LogP contribution in [0.25, 0.3) is 6.08 Å². The summed E-state index contributed by atoms with van der Waals surface area (Å²) >= 11 is 9.51. The van der Waals surface area contributed by atoms with Crippen LogP contribution in [-0.4, -0.2) is 30.2 Å². The van der Waals surface area contributed by atoms with Crippen LogP contribution in [0.1, 0.15) is 11.1 Å². The molecule has 1 aliphatic rings. The first-order valence-corrected chi connectivity index (χ1v) is 10.1. The van der Waals surface area contributed by atoms with Gasteiger partial charge in [-0.05, 0) is 75.8 Å². The van der Waals surface area contributed by atoms with Gasteiger partial charge < -0.3 is 9.47 Å². The molecule has 2 aromatic carbocycles. The van der Waals surface area contributed by atoms with Gasteiger partial charge in [0.1, 0.15) is 6.61 Å². The van der Waals surface area contributed by atoms with Crippen LogP contribution in [-0.2, 0) is 11.4 Å². The molecule has 0 aliphatic carbocycles. The highest BCUT2D eigenvalue weighted by molar-refractivity contribution is 14.1. The number of imide groups is 1. The van der Waals surface area contributed by atoms with Crippen LogP contribution in [0.3, 0.4) is 0 Å². The maximum atomic E-state index is 12.0. The molecule has 0 bridgehead atoms. The molecule has 0 spiro atoms. The molecule has 2 aromatic rings. The molecule has 0 unspecified atom stereocenters. The number of thioether (sulfide) groups is 1. The number of carbonyl (C=O) groups excluding carboxylic acids is 2. The van der Waals surface area contributed by atoms with Gasteiger partial charge in [-0.3, -0.25) is 14.5 Å². The second-order valence-corrected chi connectivity index (χ2v) is 8.34. The zero-order valence-electron chi connectivity index (χ0n) is 14.5. The average molecular weight is 516 g/mol. The Morgan fingerprint density at radius 1 is 1.22 bits per heavy atom. The molecule has 1 heterocycles. The van der Waals surface area contributed by atoms with Crippen LogP contribution in [0.15, 0.2) is 41.3 Å². The van der Waals surface area contributed by atoms with E-state index in [9.17, 15) is 9.59 Å². The molecule has 8 heteroatoms. The van der Waals surface area contributed by atoms with E-state index in [4.69, 9.17) is 21.1 Å². The maximum Gasteiger partial charge on any atom is 0.293 e. The fourth-order valence-corrected chi connectivity index (χ4v) is 3.86. The summed E-state index contributed by atoms with van der Waals surface area (Å²) in [5.74, 6) is 0.549. The van der Waals surface area contributed by atoms with Crippen LogP contribution < -0.4 is 9.47 Å². The highest BCUT2D eigenvalue weighted by Gasteiger charge is 2.31. The van der Waals surface area contributed by atoms with Crippen molar-refractivity contribution >= 4 is 63.2 Å². The molecule has 0 radical (unpaired) electrons. The molecular formula is C19H15ClINO4S. The molecule has 0 atom stereocenters. The first-order valence-electron chi connectivity index (χ1n) is 7.85. The van der Waals surface area contributed by atoms with Crippen molar-refractivity contribution in [3.05, 3.63) is 61.0 Å². The van der Waals surface area contributed by atoms with Crippen molar-refractivity contribution in [3.8, 4) is 11.5 Å². The van der Waals surface area contributed by atoms with E-state index < -0.39 is 0 Å². The first kappa shape index (κ1) is 20.0. The number of rotatable bonds is 5. The van der Waals surface area contributed by atoms with Gasteiger partial charge in [-0.1, -0.05) is 23.7 Å². The number of amides is 2. The number of nitrogens with zero attached hydrogens (tertiary/aromatic N) is 1. The Morgan fingerprint density at radius 3 is 2.52 bits per heavy atom. The fourth-order valence-electron chi connectivity index (χ4n) is 2.40. The van der Waals surface area contributed by atoms with Crippen molar-refractivity contribution in [2.75, 3.05) is 14.2 Å². The van der Waals surface area contributed by atoms with E-state index in [2.05, 4.69) is 22.6 Å². The number of ether oxygens (including phenoxy) is 2. The smallest absolute Gasteiger partial charge is 0.293 e. The third-order valence-corrected chi connectivity index (χ3v) is 5.79. The molecule has 0 aromatic heterocycles. The monoisotopic (exact) mass is 515 g/mol. The summed E-state index contributed by atoms with van der Waals surface area (Å²) in [6, 6.07) is 11.4. The summed E-state index contributed by atoms with van der Waals surface area (Å²) in [6.45, 7) is 0.348. The van der Waals surface area contributed by atoms with Crippen LogP contribution in [0.2, 0.25) is 5.02 Å². The van der Waals surface area contributed by atoms with Crippen molar-refractivity contribution in [1.29, 1.82) is 0 Å². The fraction of sp³-hybridized carbons (Fsp3) is 0.158. The topological polar surface area (TPSA) is 55.8 Å². The van der Waals surface area contributed by atoms with Gasteiger partial charge in [-0.15, -0.1) is 0 Å². The van der Waals surface area contributed by atoms with Crippen LogP contribution in [0.4, 0.5) is 4.79 Å². The standard InChI is InChI=1S/C19H15ClINO4S/c1-22-18(23)16(27-19(22)24)9-12-7-14(20)17(15(8-12)25-2)26-10-11-3-5-13(21)6-4-11/h3-9H,10H2,1-2H3/b16-9-. The van der Waals surface area contributed by atoms with Crippen molar-refractivity contribution in [2.24, 2.45) is 0 Å². The molecule has 1 saturated heterocycles. The highest BCUT2D eigenvalue weighted by atomic mass is 127. The van der Waals surface area contributed by atoms with Crippen molar-refractivity contribution in [1.82, 2.24) is 4.90 Å². The number of carbonyl (C=O) groups is 2. The van der Waals surface area contributed by atoms with E-state index in [1.54, 1.807) is 18.2 Å². The Morgan fingerprint density at radius 2 is 1.93 bits per heavy atom. The summed E-state index contributed by atoms with van der Waals surface area (Å²) in [5, 5.41) is 0.0589. The molecule has 5 nitrogen and oxygen atoms in total. The molecule has 0 N–H and O–H groups in total. The molecular weight excluding hydrogens is 501 g/mol. The SMILES string of the molecule is COc1cc(/C=C2\SC(=O)N(C)C2=O)cc(Cl)c1OCc1ccc(I)cc1. The Bertz CT molecular complexity index is 930. The lowest BCUT2D eigenvalue weighted by molar-refractivity contribution is -0.121. The lowest BCUT2D eigenvalue weighted by Gasteiger charge is -2.13. The number of likely N-dealkylation sites (N-methyl/N-ethyl adjacent to an activating group) is 1. The summed E-state index contributed by atoms with van der Waals surface area (Å²) in [4.78, 5) is 25.1. The van der Waals surface area contributed by atoms with E-state index in [-0.39, 0.29) is 11.1 Å². The maximum absolute atomic E-state index is 12.0. The van der Waals surface area contributed by atoms with Crippen molar-refractivity contribution in [2.45, 2.75) is 6.61 Å². The summed E-state index contributed by atoms with van der Waals surface area (Å²) in [7, 11) is 2.97. The molecule has 1 aliphatic heterocycles. The quantitative estimate of drug-likeness (QED) is 0.405. The largest absolute Gasteiger partial charge is 0.493 e. The normalized spacial score (nSPS) is 15.6. The van der Waals surface area contributed by atoms with Gasteiger partial charge in [0, 0.05) is 10.6 Å². The molecule has 27 heavy (non-hydrogen) atoms. The van der Waals surface area contributed by atoms with Crippen molar-refractivity contribution < 1.29 is 19.1 Å². The molecule has 140 valence electrons. The van der Waals surface area contributed by atoms with Crippen LogP contribution in [0.5, 0.6) is 11.5 Å². The molecule has 3 rings (SSSR count). The van der Waals surface area contributed by atoms with E-state index >= 15 is 0 Å². The zero-order chi connectivity index (χ0) is 19.6. The van der Waals surface area contributed by atoms with E-state index in [1.165, 1.54) is 14.2 Å². The third-order valence-electron chi connectivity index (χ3n) is 3.83. The van der Waals surface area contributed by atoms with Gasteiger partial charge in [-0.2, -0.15) is 0 Å². The van der Waals surface area contributed by atoms with E-state index in [1.807, 2.05) is 24.3 Å². The Kier molecular flexibility index (Phi) is 6.33. The zero-order valence-corrected chi connectivity index (χ0v) is 18.2.